The number of esters is 1. The fourth-order valence-electron chi connectivity index (χ4n) is 2.54. The van der Waals surface area contributed by atoms with Crippen molar-refractivity contribution in [3.8, 4) is 5.75 Å². The number of aromatic amines is 1. The third-order valence-corrected chi connectivity index (χ3v) is 4.02. The van der Waals surface area contributed by atoms with Crippen LogP contribution in [0.3, 0.4) is 0 Å². The topological polar surface area (TPSA) is 124 Å². The van der Waals surface area contributed by atoms with E-state index in [2.05, 4.69) is 19.8 Å². The second-order valence-electron chi connectivity index (χ2n) is 5.79. The number of nitrogens with two attached hydrogens (primary N) is 1. The zero-order chi connectivity index (χ0) is 20.1. The fourth-order valence-corrected chi connectivity index (χ4v) is 2.54. The molecule has 2 aromatic heterocycles. The van der Waals surface area contributed by atoms with Gasteiger partial charge in [-0.25, -0.2) is 9.31 Å². The number of fused-ring (bicyclic) bond motifs is 1. The number of benzene rings is 1. The number of nitrogens with one attached hydrogen (secondary N) is 1. The lowest BCUT2D eigenvalue weighted by Crippen LogP contribution is -2.13. The molecule has 0 fully saturated rings. The Morgan fingerprint density at radius 2 is 2.07 bits per heavy atom. The van der Waals surface area contributed by atoms with Crippen molar-refractivity contribution < 1.29 is 14.3 Å². The molecule has 0 atom stereocenters. The van der Waals surface area contributed by atoms with Crippen LogP contribution in [0.2, 0.25) is 0 Å². The molecule has 0 unspecified atom stereocenters. The van der Waals surface area contributed by atoms with E-state index in [1.165, 1.54) is 23.9 Å². The van der Waals surface area contributed by atoms with Crippen LogP contribution in [-0.2, 0) is 11.3 Å². The number of allylic oxidation sites excluding steroid dienone is 1. The minimum absolute atomic E-state index is 0.0385. The summed E-state index contributed by atoms with van der Waals surface area (Å²) in [5.41, 5.74) is 7.45. The van der Waals surface area contributed by atoms with Gasteiger partial charge in [-0.1, -0.05) is 12.1 Å². The first-order chi connectivity index (χ1) is 13.5. The lowest BCUT2D eigenvalue weighted by Gasteiger charge is -2.03. The summed E-state index contributed by atoms with van der Waals surface area (Å²) in [5, 5.41) is 4.06. The molecule has 3 rings (SSSR count). The van der Waals surface area contributed by atoms with Gasteiger partial charge in [0.05, 0.1) is 32.7 Å². The summed E-state index contributed by atoms with van der Waals surface area (Å²) in [6.07, 6.45) is 4.45. The average molecular weight is 381 g/mol. The van der Waals surface area contributed by atoms with Gasteiger partial charge in [0.25, 0.3) is 5.56 Å². The van der Waals surface area contributed by atoms with E-state index >= 15 is 0 Å². The Morgan fingerprint density at radius 3 is 2.71 bits per heavy atom. The molecule has 1 aromatic carbocycles. The molecule has 28 heavy (non-hydrogen) atoms. The molecule has 0 bridgehead atoms. The number of rotatable bonds is 6. The highest BCUT2D eigenvalue weighted by molar-refractivity contribution is 6.08. The van der Waals surface area contributed by atoms with Crippen molar-refractivity contribution in [2.75, 3.05) is 14.2 Å². The molecule has 3 N–H and O–H groups in total. The molecular weight excluding hydrogens is 362 g/mol. The summed E-state index contributed by atoms with van der Waals surface area (Å²) in [4.78, 5) is 31.0. The summed E-state index contributed by atoms with van der Waals surface area (Å²) in [7, 11) is 2.85. The van der Waals surface area contributed by atoms with E-state index in [0.717, 1.165) is 11.3 Å². The Balaban J connectivity index is 1.84. The number of carbonyl (C=O) groups excluding carboxylic acids is 1. The van der Waals surface area contributed by atoms with Crippen molar-refractivity contribution in [3.63, 3.8) is 0 Å². The van der Waals surface area contributed by atoms with Crippen LogP contribution >= 0.6 is 0 Å². The second-order valence-corrected chi connectivity index (χ2v) is 5.79. The Labute approximate surface area is 160 Å². The van der Waals surface area contributed by atoms with Gasteiger partial charge in [-0.2, -0.15) is 5.10 Å². The average Bonchev–Trinajstić information content (AvgIpc) is 3.16. The van der Waals surface area contributed by atoms with Crippen LogP contribution < -0.4 is 16.0 Å². The third-order valence-electron chi connectivity index (χ3n) is 4.02. The molecule has 0 aliphatic rings. The smallest absolute Gasteiger partial charge is 0.358 e. The lowest BCUT2D eigenvalue weighted by molar-refractivity contribution is 0.0593. The number of carbonyl (C=O) groups is 1. The summed E-state index contributed by atoms with van der Waals surface area (Å²) < 4.78 is 11.1. The first-order valence-corrected chi connectivity index (χ1v) is 8.31. The zero-order valence-corrected chi connectivity index (χ0v) is 15.4. The largest absolute Gasteiger partial charge is 0.497 e. The molecule has 9 nitrogen and oxygen atoms in total. The molecule has 0 amide bonds. The first-order valence-electron chi connectivity index (χ1n) is 8.31. The normalized spacial score (nSPS) is 11.9. The van der Waals surface area contributed by atoms with Crippen molar-refractivity contribution >= 4 is 23.3 Å². The number of aliphatic imine (C=N–C) groups is 1. The molecule has 0 aliphatic heterocycles. The van der Waals surface area contributed by atoms with E-state index in [9.17, 15) is 9.59 Å². The van der Waals surface area contributed by atoms with E-state index < -0.39 is 11.5 Å². The zero-order valence-electron chi connectivity index (χ0n) is 15.4. The minimum Gasteiger partial charge on any atom is -0.497 e. The van der Waals surface area contributed by atoms with Gasteiger partial charge in [0.1, 0.15) is 11.3 Å². The van der Waals surface area contributed by atoms with Crippen molar-refractivity contribution in [1.82, 2.24) is 14.6 Å². The predicted molar refractivity (Wildman–Crippen MR) is 105 cm³/mol. The standard InChI is InChI=1S/C19H19N5O4/c1-27-14-5-3-12(4-6-14)9-21-10-13(8-20)16-11-24-17(18(25)22-16)7-15(23-24)19(26)28-2/h3-8,10-11H,9,20H2,1-2H3,(H,22,25). The highest BCUT2D eigenvalue weighted by atomic mass is 16.5. The van der Waals surface area contributed by atoms with Crippen molar-refractivity contribution in [1.29, 1.82) is 0 Å². The summed E-state index contributed by atoms with van der Waals surface area (Å²) in [6.45, 7) is 0.433. The Hall–Kier alpha value is -3.88. The summed E-state index contributed by atoms with van der Waals surface area (Å²) in [5.74, 6) is 0.145. The molecule has 0 spiro atoms. The van der Waals surface area contributed by atoms with Gasteiger partial charge in [-0.05, 0) is 17.7 Å². The quantitative estimate of drug-likeness (QED) is 0.491. The van der Waals surface area contributed by atoms with E-state index in [-0.39, 0.29) is 11.2 Å². The number of H-pyrrole nitrogens is 1. The second kappa shape index (κ2) is 8.21. The maximum atomic E-state index is 12.3. The van der Waals surface area contributed by atoms with E-state index in [0.29, 0.717) is 17.8 Å². The Kier molecular flexibility index (Phi) is 5.54. The highest BCUT2D eigenvalue weighted by Crippen LogP contribution is 2.13. The van der Waals surface area contributed by atoms with Gasteiger partial charge in [-0.3, -0.25) is 9.79 Å². The van der Waals surface area contributed by atoms with Crippen LogP contribution in [0.1, 0.15) is 21.7 Å². The van der Waals surface area contributed by atoms with Crippen LogP contribution in [0, 0.1) is 0 Å². The molecule has 2 heterocycles. The van der Waals surface area contributed by atoms with Crippen molar-refractivity contribution in [2.24, 2.45) is 10.7 Å². The van der Waals surface area contributed by atoms with Gasteiger partial charge in [-0.15, -0.1) is 0 Å². The van der Waals surface area contributed by atoms with Gasteiger partial charge in [0, 0.05) is 24.1 Å². The van der Waals surface area contributed by atoms with Gasteiger partial charge < -0.3 is 20.2 Å². The Morgan fingerprint density at radius 1 is 1.32 bits per heavy atom. The molecule has 0 aliphatic carbocycles. The van der Waals surface area contributed by atoms with E-state index in [1.807, 2.05) is 24.3 Å². The third kappa shape index (κ3) is 3.93. The van der Waals surface area contributed by atoms with Crippen molar-refractivity contribution in [3.05, 3.63) is 70.0 Å². The van der Waals surface area contributed by atoms with E-state index in [1.54, 1.807) is 19.5 Å². The van der Waals surface area contributed by atoms with Crippen LogP contribution in [0.4, 0.5) is 0 Å². The number of methoxy groups -OCH3 is 2. The van der Waals surface area contributed by atoms with E-state index in [4.69, 9.17) is 10.5 Å². The minimum atomic E-state index is -0.625. The van der Waals surface area contributed by atoms with Crippen LogP contribution in [0.25, 0.3) is 11.1 Å². The Bertz CT molecular complexity index is 1110. The number of ether oxygens (including phenoxy) is 2. The number of nitrogens with zero attached hydrogens (tertiary/aromatic N) is 3. The van der Waals surface area contributed by atoms with Crippen LogP contribution in [0.5, 0.6) is 5.75 Å². The van der Waals surface area contributed by atoms with Crippen LogP contribution in [-0.4, -0.2) is 41.0 Å². The molecule has 9 heteroatoms. The first kappa shape index (κ1) is 18.9. The predicted octanol–water partition coefficient (Wildman–Crippen LogP) is 1.39. The van der Waals surface area contributed by atoms with Crippen molar-refractivity contribution in [2.45, 2.75) is 6.54 Å². The maximum Gasteiger partial charge on any atom is 0.358 e. The number of aromatic nitrogens is 3. The molecule has 0 saturated carbocycles. The van der Waals surface area contributed by atoms with Gasteiger partial charge in [0.2, 0.25) is 0 Å². The molecule has 3 aromatic rings. The van der Waals surface area contributed by atoms with Gasteiger partial charge in [0.15, 0.2) is 5.69 Å². The summed E-state index contributed by atoms with van der Waals surface area (Å²) >= 11 is 0. The molecule has 0 radical (unpaired) electrons. The monoisotopic (exact) mass is 381 g/mol. The molecule has 144 valence electrons. The molecular formula is C19H19N5O4. The summed E-state index contributed by atoms with van der Waals surface area (Å²) in [6, 6.07) is 8.89. The van der Waals surface area contributed by atoms with Gasteiger partial charge >= 0.3 is 5.97 Å². The van der Waals surface area contributed by atoms with Crippen LogP contribution in [0.15, 0.2) is 52.5 Å². The fraction of sp³-hybridized carbons (Fsp3) is 0.158. The molecule has 0 saturated heterocycles. The number of hydrogen-bond acceptors (Lipinski definition) is 7. The lowest BCUT2D eigenvalue weighted by atomic mass is 10.2. The number of hydrogen-bond donors (Lipinski definition) is 2. The maximum absolute atomic E-state index is 12.3. The SMILES string of the molecule is COC(=O)c1cc2c(=O)[nH]c(C(C=NCc3ccc(OC)cc3)=CN)cn2n1. The highest BCUT2D eigenvalue weighted by Gasteiger charge is 2.14.